The van der Waals surface area contributed by atoms with Crippen molar-refractivity contribution in [3.8, 4) is 16.9 Å². The van der Waals surface area contributed by atoms with Crippen LogP contribution in [0.1, 0.15) is 21.5 Å². The summed E-state index contributed by atoms with van der Waals surface area (Å²) in [7, 11) is 1.53. The molecule has 1 saturated heterocycles. The maximum absolute atomic E-state index is 13.6. The van der Waals surface area contributed by atoms with Gasteiger partial charge in [-0.2, -0.15) is 0 Å². The number of ether oxygens (including phenoxy) is 1. The van der Waals surface area contributed by atoms with Crippen molar-refractivity contribution < 1.29 is 23.5 Å². The van der Waals surface area contributed by atoms with Gasteiger partial charge in [0.05, 0.1) is 13.7 Å². The van der Waals surface area contributed by atoms with Crippen LogP contribution in [-0.2, 0) is 16.9 Å². The van der Waals surface area contributed by atoms with Crippen molar-refractivity contribution in [2.75, 3.05) is 13.7 Å². The van der Waals surface area contributed by atoms with Crippen LogP contribution in [0.3, 0.4) is 0 Å². The lowest BCUT2D eigenvalue weighted by molar-refractivity contribution is -0.124. The number of carbonyl (C=O) groups is 3. The first-order valence-corrected chi connectivity index (χ1v) is 10.4. The summed E-state index contributed by atoms with van der Waals surface area (Å²) in [4.78, 5) is 39.7. The van der Waals surface area contributed by atoms with Crippen molar-refractivity contribution in [3.05, 3.63) is 89.2 Å². The number of amides is 4. The molecule has 5 rings (SSSR count). The van der Waals surface area contributed by atoms with Crippen molar-refractivity contribution in [2.45, 2.75) is 12.1 Å². The van der Waals surface area contributed by atoms with E-state index in [4.69, 9.17) is 4.74 Å². The molecule has 4 amide bonds. The lowest BCUT2D eigenvalue weighted by atomic mass is 9.88. The number of benzene rings is 3. The van der Waals surface area contributed by atoms with Gasteiger partial charge in [0.1, 0.15) is 11.6 Å². The number of hydrogen-bond donors (Lipinski definition) is 2. The topological polar surface area (TPSA) is 87.7 Å². The van der Waals surface area contributed by atoms with Crippen LogP contribution in [0.4, 0.5) is 9.18 Å². The second kappa shape index (κ2) is 7.74. The van der Waals surface area contributed by atoms with Crippen molar-refractivity contribution in [3.63, 3.8) is 0 Å². The highest BCUT2D eigenvalue weighted by Gasteiger charge is 2.50. The molecule has 2 aliphatic heterocycles. The number of carbonyl (C=O) groups excluding carboxylic acids is 3. The van der Waals surface area contributed by atoms with E-state index in [1.54, 1.807) is 48.5 Å². The fourth-order valence-corrected chi connectivity index (χ4v) is 4.39. The summed E-state index contributed by atoms with van der Waals surface area (Å²) in [5, 5.41) is 5.01. The van der Waals surface area contributed by atoms with Crippen LogP contribution in [0, 0.1) is 5.82 Å². The minimum Gasteiger partial charge on any atom is -0.497 e. The Morgan fingerprint density at radius 2 is 1.79 bits per heavy atom. The Labute approximate surface area is 189 Å². The summed E-state index contributed by atoms with van der Waals surface area (Å²) in [6.07, 6.45) is 0. The number of imide groups is 1. The van der Waals surface area contributed by atoms with Gasteiger partial charge in [-0.05, 0) is 46.5 Å². The molecule has 2 aliphatic rings. The average Bonchev–Trinajstić information content (AvgIpc) is 3.28. The number of fused-ring (bicyclic) bond motifs is 1. The largest absolute Gasteiger partial charge is 0.497 e. The fraction of sp³-hybridized carbons (Fsp3) is 0.160. The number of nitrogens with one attached hydrogen (secondary N) is 2. The molecule has 33 heavy (non-hydrogen) atoms. The maximum atomic E-state index is 13.6. The predicted octanol–water partition coefficient (Wildman–Crippen LogP) is 3.19. The molecular weight excluding hydrogens is 425 g/mol. The first kappa shape index (κ1) is 20.7. The predicted molar refractivity (Wildman–Crippen MR) is 118 cm³/mol. The molecule has 7 nitrogen and oxygen atoms in total. The molecule has 0 unspecified atom stereocenters. The fourth-order valence-electron chi connectivity index (χ4n) is 4.39. The van der Waals surface area contributed by atoms with Crippen LogP contribution < -0.4 is 15.4 Å². The number of rotatable bonds is 5. The van der Waals surface area contributed by atoms with E-state index < -0.39 is 17.5 Å². The first-order chi connectivity index (χ1) is 15.9. The van der Waals surface area contributed by atoms with E-state index in [0.717, 1.165) is 11.1 Å². The molecule has 8 heteroatoms. The molecule has 0 radical (unpaired) electrons. The monoisotopic (exact) mass is 445 g/mol. The molecule has 1 atom stereocenters. The summed E-state index contributed by atoms with van der Waals surface area (Å²) >= 11 is 0. The highest BCUT2D eigenvalue weighted by molar-refractivity contribution is 6.08. The lowest BCUT2D eigenvalue weighted by Crippen LogP contribution is -2.52. The molecular formula is C25H20FN3O4. The van der Waals surface area contributed by atoms with Gasteiger partial charge in [0.2, 0.25) is 0 Å². The first-order valence-electron chi connectivity index (χ1n) is 10.4. The molecule has 0 aliphatic carbocycles. The molecule has 166 valence electrons. The second-order valence-electron chi connectivity index (χ2n) is 8.09. The Morgan fingerprint density at radius 3 is 2.45 bits per heavy atom. The van der Waals surface area contributed by atoms with Gasteiger partial charge < -0.3 is 15.0 Å². The van der Waals surface area contributed by atoms with E-state index in [-0.39, 0.29) is 18.3 Å². The zero-order valence-corrected chi connectivity index (χ0v) is 17.7. The van der Waals surface area contributed by atoms with Crippen molar-refractivity contribution >= 4 is 17.8 Å². The van der Waals surface area contributed by atoms with Gasteiger partial charge in [-0.3, -0.25) is 14.9 Å². The minimum atomic E-state index is -1.45. The van der Waals surface area contributed by atoms with E-state index in [1.807, 2.05) is 6.07 Å². The summed E-state index contributed by atoms with van der Waals surface area (Å²) in [5.74, 6) is -0.557. The molecule has 0 saturated carbocycles. The molecule has 1 fully saturated rings. The van der Waals surface area contributed by atoms with E-state index in [9.17, 15) is 18.8 Å². The number of urea groups is 1. The van der Waals surface area contributed by atoms with Crippen molar-refractivity contribution in [1.29, 1.82) is 0 Å². The molecule has 3 aromatic carbocycles. The van der Waals surface area contributed by atoms with Gasteiger partial charge in [-0.15, -0.1) is 0 Å². The number of methoxy groups -OCH3 is 1. The Morgan fingerprint density at radius 1 is 1.00 bits per heavy atom. The third kappa shape index (κ3) is 3.49. The highest BCUT2D eigenvalue weighted by atomic mass is 19.1. The molecule has 2 N–H and O–H groups in total. The van der Waals surface area contributed by atoms with Crippen LogP contribution in [0.5, 0.6) is 5.75 Å². The minimum absolute atomic E-state index is 0.0420. The van der Waals surface area contributed by atoms with Gasteiger partial charge in [0, 0.05) is 12.1 Å². The Balaban J connectivity index is 1.48. The molecule has 0 spiro atoms. The van der Waals surface area contributed by atoms with Gasteiger partial charge in [0.15, 0.2) is 5.54 Å². The smallest absolute Gasteiger partial charge is 0.322 e. The van der Waals surface area contributed by atoms with Gasteiger partial charge in [-0.25, -0.2) is 9.18 Å². The maximum Gasteiger partial charge on any atom is 0.322 e. The number of halogens is 1. The van der Waals surface area contributed by atoms with Crippen LogP contribution in [-0.4, -0.2) is 36.4 Å². The summed E-state index contributed by atoms with van der Waals surface area (Å²) < 4.78 is 18.8. The van der Waals surface area contributed by atoms with Crippen molar-refractivity contribution in [1.82, 2.24) is 15.5 Å². The normalized spacial score (nSPS) is 19.3. The standard InChI is InChI=1S/C25H20FN3O4/c1-33-20-10-7-17-13-29(22(30)21(17)12-20)14-25(23(31)27-24(32)28-25)18-8-5-15(6-9-18)16-3-2-4-19(26)11-16/h2-12H,13-14H2,1H3,(H2,27,28,31,32)/t25-/m0/s1. The molecule has 2 heterocycles. The summed E-state index contributed by atoms with van der Waals surface area (Å²) in [6, 6.07) is 17.8. The van der Waals surface area contributed by atoms with Crippen molar-refractivity contribution in [2.24, 2.45) is 0 Å². The van der Waals surface area contributed by atoms with E-state index >= 15 is 0 Å². The van der Waals surface area contributed by atoms with Crippen LogP contribution >= 0.6 is 0 Å². The number of nitrogens with zero attached hydrogens (tertiary/aromatic N) is 1. The van der Waals surface area contributed by atoms with Gasteiger partial charge >= 0.3 is 6.03 Å². The summed E-state index contributed by atoms with van der Waals surface area (Å²) in [6.45, 7) is 0.268. The van der Waals surface area contributed by atoms with E-state index in [1.165, 1.54) is 24.1 Å². The third-order valence-electron chi connectivity index (χ3n) is 6.10. The zero-order valence-electron chi connectivity index (χ0n) is 17.7. The quantitative estimate of drug-likeness (QED) is 0.591. The van der Waals surface area contributed by atoms with Gasteiger partial charge in [-0.1, -0.05) is 42.5 Å². The van der Waals surface area contributed by atoms with Crippen LogP contribution in [0.2, 0.25) is 0 Å². The Bertz CT molecular complexity index is 1290. The SMILES string of the molecule is COc1ccc2c(c1)C(=O)N(C[C@@]1(c3ccc(-c4cccc(F)c4)cc3)NC(=O)NC1=O)C2. The highest BCUT2D eigenvalue weighted by Crippen LogP contribution is 2.33. The average molecular weight is 445 g/mol. The molecule has 0 aromatic heterocycles. The Kier molecular flexibility index (Phi) is 4.85. The van der Waals surface area contributed by atoms with E-state index in [2.05, 4.69) is 10.6 Å². The second-order valence-corrected chi connectivity index (χ2v) is 8.09. The molecule has 3 aromatic rings. The summed E-state index contributed by atoms with van der Waals surface area (Å²) in [5.41, 5.74) is 1.86. The lowest BCUT2D eigenvalue weighted by Gasteiger charge is -2.31. The van der Waals surface area contributed by atoms with E-state index in [0.29, 0.717) is 29.0 Å². The number of hydrogen-bond acceptors (Lipinski definition) is 4. The Hall–Kier alpha value is -4.20. The zero-order chi connectivity index (χ0) is 23.2. The van der Waals surface area contributed by atoms with Crippen LogP contribution in [0.15, 0.2) is 66.7 Å². The third-order valence-corrected chi connectivity index (χ3v) is 6.10. The van der Waals surface area contributed by atoms with Gasteiger partial charge in [0.25, 0.3) is 11.8 Å². The van der Waals surface area contributed by atoms with Crippen LogP contribution in [0.25, 0.3) is 11.1 Å². The molecule has 0 bridgehead atoms.